The number of carbonyl (C=O) groups is 2. The first-order valence-corrected chi connectivity index (χ1v) is 6.69. The number of nitrogens with one attached hydrogen (secondary N) is 1. The second kappa shape index (κ2) is 8.10. The summed E-state index contributed by atoms with van der Waals surface area (Å²) in [6, 6.07) is 3.90. The third-order valence-electron chi connectivity index (χ3n) is 3.09. The molecule has 0 atom stereocenters. The van der Waals surface area contributed by atoms with Crippen LogP contribution in [0.15, 0.2) is 18.2 Å². The zero-order chi connectivity index (χ0) is 16.2. The van der Waals surface area contributed by atoms with Gasteiger partial charge in [-0.3, -0.25) is 9.59 Å². The molecule has 7 heteroatoms. The van der Waals surface area contributed by atoms with Gasteiger partial charge in [-0.2, -0.15) is 0 Å². The number of carbonyl (C=O) groups excluding carboxylic acids is 2. The highest BCUT2D eigenvalue weighted by Gasteiger charge is 2.22. The van der Waals surface area contributed by atoms with Gasteiger partial charge in [0.1, 0.15) is 5.82 Å². The van der Waals surface area contributed by atoms with Crippen molar-refractivity contribution >= 4 is 29.9 Å². The van der Waals surface area contributed by atoms with Gasteiger partial charge in [0.15, 0.2) is 0 Å². The van der Waals surface area contributed by atoms with Gasteiger partial charge < -0.3 is 16.0 Å². The van der Waals surface area contributed by atoms with E-state index in [-0.39, 0.29) is 29.4 Å². The summed E-state index contributed by atoms with van der Waals surface area (Å²) in [5.41, 5.74) is 5.77. The molecule has 0 saturated heterocycles. The van der Waals surface area contributed by atoms with Gasteiger partial charge in [-0.1, -0.05) is 13.8 Å². The Kier molecular flexibility index (Phi) is 7.49. The Morgan fingerprint density at radius 2 is 1.95 bits per heavy atom. The molecule has 0 radical (unpaired) electrons. The largest absolute Gasteiger partial charge is 0.341 e. The van der Waals surface area contributed by atoms with E-state index in [1.165, 1.54) is 30.0 Å². The van der Waals surface area contributed by atoms with E-state index in [0.717, 1.165) is 0 Å². The minimum absolute atomic E-state index is 0. The average molecular weight is 332 g/mol. The summed E-state index contributed by atoms with van der Waals surface area (Å²) in [5.74, 6) is -1.22. The molecule has 22 heavy (non-hydrogen) atoms. The Bertz CT molecular complexity index is 550. The maximum Gasteiger partial charge on any atom is 0.253 e. The number of hydrogen-bond acceptors (Lipinski definition) is 3. The minimum atomic E-state index is -0.577. The number of nitrogens with two attached hydrogens (primary N) is 1. The van der Waals surface area contributed by atoms with Gasteiger partial charge in [-0.15, -0.1) is 12.4 Å². The van der Waals surface area contributed by atoms with Crippen LogP contribution in [-0.4, -0.2) is 36.9 Å². The van der Waals surface area contributed by atoms with E-state index in [0.29, 0.717) is 18.7 Å². The lowest BCUT2D eigenvalue weighted by Gasteiger charge is -2.29. The zero-order valence-electron chi connectivity index (χ0n) is 13.3. The Labute approximate surface area is 136 Å². The smallest absolute Gasteiger partial charge is 0.253 e. The Morgan fingerprint density at radius 1 is 1.36 bits per heavy atom. The summed E-state index contributed by atoms with van der Waals surface area (Å²) < 4.78 is 13.6. The van der Waals surface area contributed by atoms with Crippen molar-refractivity contribution in [3.63, 3.8) is 0 Å². The highest BCUT2D eigenvalue weighted by molar-refractivity contribution is 5.96. The van der Waals surface area contributed by atoms with Crippen molar-refractivity contribution in [1.29, 1.82) is 0 Å². The van der Waals surface area contributed by atoms with Gasteiger partial charge in [-0.25, -0.2) is 4.39 Å². The second-order valence-corrected chi connectivity index (χ2v) is 5.91. The fourth-order valence-corrected chi connectivity index (χ4v) is 1.94. The molecule has 0 unspecified atom stereocenters. The van der Waals surface area contributed by atoms with E-state index in [2.05, 4.69) is 5.32 Å². The first kappa shape index (κ1) is 20.3. The third kappa shape index (κ3) is 5.61. The van der Waals surface area contributed by atoms with Gasteiger partial charge in [0.2, 0.25) is 5.91 Å². The van der Waals surface area contributed by atoms with E-state index >= 15 is 0 Å². The maximum atomic E-state index is 13.6. The molecule has 2 amide bonds. The molecule has 0 fully saturated rings. The van der Waals surface area contributed by atoms with Crippen LogP contribution >= 0.6 is 12.4 Å². The summed E-state index contributed by atoms with van der Waals surface area (Å²) in [4.78, 5) is 24.9. The molecule has 0 heterocycles. The van der Waals surface area contributed by atoms with Crippen molar-refractivity contribution in [3.05, 3.63) is 29.6 Å². The van der Waals surface area contributed by atoms with Crippen molar-refractivity contribution in [2.75, 3.05) is 25.5 Å². The van der Waals surface area contributed by atoms with Crippen LogP contribution in [-0.2, 0) is 4.79 Å². The molecule has 1 aromatic carbocycles. The van der Waals surface area contributed by atoms with Crippen molar-refractivity contribution in [2.24, 2.45) is 11.1 Å². The van der Waals surface area contributed by atoms with Crippen LogP contribution in [0.3, 0.4) is 0 Å². The summed E-state index contributed by atoms with van der Waals surface area (Å²) >= 11 is 0. The molecule has 1 aromatic rings. The number of rotatable bonds is 5. The van der Waals surface area contributed by atoms with Gasteiger partial charge in [0, 0.05) is 26.1 Å². The van der Waals surface area contributed by atoms with E-state index in [4.69, 9.17) is 5.73 Å². The van der Waals surface area contributed by atoms with Gasteiger partial charge in [0.25, 0.3) is 5.91 Å². The van der Waals surface area contributed by atoms with E-state index in [9.17, 15) is 14.0 Å². The molecule has 0 saturated carbocycles. The molecule has 0 aliphatic rings. The monoisotopic (exact) mass is 331 g/mol. The second-order valence-electron chi connectivity index (χ2n) is 5.91. The fraction of sp³-hybridized carbons (Fsp3) is 0.467. The molecule has 0 bridgehead atoms. The normalized spacial score (nSPS) is 10.6. The predicted octanol–water partition coefficient (Wildman–Crippen LogP) is 2.26. The van der Waals surface area contributed by atoms with Gasteiger partial charge >= 0.3 is 0 Å². The van der Waals surface area contributed by atoms with Crippen LogP contribution in [0.1, 0.15) is 31.1 Å². The molecule has 0 spiro atoms. The maximum absolute atomic E-state index is 13.6. The third-order valence-corrected chi connectivity index (χ3v) is 3.09. The Hall–Kier alpha value is -1.66. The molecule has 124 valence electrons. The number of anilines is 1. The Balaban J connectivity index is 0.00000441. The van der Waals surface area contributed by atoms with Crippen molar-refractivity contribution in [2.45, 2.75) is 20.8 Å². The topological polar surface area (TPSA) is 75.4 Å². The standard InChI is InChI=1S/C15H22FN3O2.ClH/c1-10(20)18-13-7-11(5-6-12(13)16)14(21)19(4)9-15(2,3)8-17;/h5-7H,8-9,17H2,1-4H3,(H,18,20);1H. The molecule has 0 aliphatic carbocycles. The lowest BCUT2D eigenvalue weighted by Crippen LogP contribution is -2.39. The molecule has 0 aromatic heterocycles. The SMILES string of the molecule is CC(=O)Nc1cc(C(=O)N(C)CC(C)(C)CN)ccc1F.Cl. The van der Waals surface area contributed by atoms with Crippen molar-refractivity contribution in [3.8, 4) is 0 Å². The highest BCUT2D eigenvalue weighted by Crippen LogP contribution is 2.19. The molecule has 5 nitrogen and oxygen atoms in total. The minimum Gasteiger partial charge on any atom is -0.341 e. The van der Waals surface area contributed by atoms with Gasteiger partial charge in [-0.05, 0) is 30.2 Å². The molecule has 1 rings (SSSR count). The number of amides is 2. The van der Waals surface area contributed by atoms with Crippen LogP contribution < -0.4 is 11.1 Å². The van der Waals surface area contributed by atoms with Crippen LogP contribution in [0.5, 0.6) is 0 Å². The molecular formula is C15H23ClFN3O2. The summed E-state index contributed by atoms with van der Waals surface area (Å²) in [7, 11) is 1.67. The first-order chi connectivity index (χ1) is 9.66. The molecule has 0 aliphatic heterocycles. The van der Waals surface area contributed by atoms with Crippen LogP contribution in [0.2, 0.25) is 0 Å². The number of hydrogen-bond donors (Lipinski definition) is 2. The van der Waals surface area contributed by atoms with Crippen LogP contribution in [0.4, 0.5) is 10.1 Å². The number of benzene rings is 1. The number of halogens is 2. The quantitative estimate of drug-likeness (QED) is 0.869. The highest BCUT2D eigenvalue weighted by atomic mass is 35.5. The fourth-order valence-electron chi connectivity index (χ4n) is 1.94. The first-order valence-electron chi connectivity index (χ1n) is 6.69. The zero-order valence-corrected chi connectivity index (χ0v) is 14.1. The lowest BCUT2D eigenvalue weighted by atomic mass is 9.93. The molecule has 3 N–H and O–H groups in total. The van der Waals surface area contributed by atoms with E-state index in [1.807, 2.05) is 13.8 Å². The Morgan fingerprint density at radius 3 is 2.45 bits per heavy atom. The number of nitrogens with zero attached hydrogens (tertiary/aromatic N) is 1. The van der Waals surface area contributed by atoms with Crippen LogP contribution in [0.25, 0.3) is 0 Å². The average Bonchev–Trinajstić information content (AvgIpc) is 2.39. The lowest BCUT2D eigenvalue weighted by molar-refractivity contribution is -0.114. The summed E-state index contributed by atoms with van der Waals surface area (Å²) in [6.07, 6.45) is 0. The molecular weight excluding hydrogens is 309 g/mol. The van der Waals surface area contributed by atoms with Crippen molar-refractivity contribution in [1.82, 2.24) is 4.90 Å². The van der Waals surface area contributed by atoms with E-state index < -0.39 is 11.7 Å². The van der Waals surface area contributed by atoms with Crippen molar-refractivity contribution < 1.29 is 14.0 Å². The van der Waals surface area contributed by atoms with E-state index in [1.54, 1.807) is 7.05 Å². The predicted molar refractivity (Wildman–Crippen MR) is 87.7 cm³/mol. The van der Waals surface area contributed by atoms with Gasteiger partial charge in [0.05, 0.1) is 5.69 Å². The van der Waals surface area contributed by atoms with Crippen LogP contribution in [0, 0.1) is 11.2 Å². The summed E-state index contributed by atoms with van der Waals surface area (Å²) in [6.45, 7) is 6.14. The summed E-state index contributed by atoms with van der Waals surface area (Å²) in [5, 5.41) is 2.36.